The molecule has 0 bridgehead atoms. The smallest absolute Gasteiger partial charge is 0.219 e. The van der Waals surface area contributed by atoms with Crippen molar-refractivity contribution in [1.82, 2.24) is 0 Å². The summed E-state index contributed by atoms with van der Waals surface area (Å²) in [5.41, 5.74) is 0. The number of hydrogen-bond acceptors (Lipinski definition) is 6. The molecule has 1 nitrogen and oxygen atoms in total. The Morgan fingerprint density at radius 2 is 1.84 bits per heavy atom. The molecule has 0 saturated carbocycles. The van der Waals surface area contributed by atoms with E-state index in [2.05, 4.69) is 12.5 Å². The van der Waals surface area contributed by atoms with Gasteiger partial charge in [-0.1, -0.05) is 24.0 Å². The molecule has 0 radical (unpaired) electrons. The first-order valence-electron chi connectivity index (χ1n) is 6.40. The van der Waals surface area contributed by atoms with Crippen LogP contribution in [-0.4, -0.2) is 45.1 Å². The van der Waals surface area contributed by atoms with E-state index in [1.54, 1.807) is 11.8 Å². The van der Waals surface area contributed by atoms with Crippen LogP contribution in [0.25, 0.3) is 0 Å². The maximum absolute atomic E-state index is 5.57. The third-order valence-corrected chi connectivity index (χ3v) is 6.22. The summed E-state index contributed by atoms with van der Waals surface area (Å²) in [5, 5.41) is 0.659. The highest BCUT2D eigenvalue weighted by Crippen LogP contribution is 2.19. The van der Waals surface area contributed by atoms with Crippen molar-refractivity contribution in [3.05, 3.63) is 0 Å². The van der Waals surface area contributed by atoms with Crippen molar-refractivity contribution < 1.29 is 4.74 Å². The van der Waals surface area contributed by atoms with Gasteiger partial charge in [0.1, 0.15) is 0 Å². The standard InChI is InChI=1S/C13H24OS5/c1-11(15)7-5-4-6-8-14-13(16)19-10-12(18-3)9-17-2/h12H,4-10H2,1-3H3. The lowest BCUT2D eigenvalue weighted by Crippen LogP contribution is -2.11. The molecular formula is C13H24OS5. The Bertz CT molecular complexity index is 257. The quantitative estimate of drug-likeness (QED) is 0.375. The van der Waals surface area contributed by atoms with Crippen molar-refractivity contribution in [2.75, 3.05) is 30.6 Å². The molecule has 0 aromatic carbocycles. The van der Waals surface area contributed by atoms with Gasteiger partial charge in [-0.3, -0.25) is 0 Å². The molecule has 0 aliphatic carbocycles. The van der Waals surface area contributed by atoms with E-state index in [0.717, 1.165) is 30.1 Å². The van der Waals surface area contributed by atoms with E-state index in [1.807, 2.05) is 30.4 Å². The van der Waals surface area contributed by atoms with E-state index in [9.17, 15) is 0 Å². The van der Waals surface area contributed by atoms with Crippen LogP contribution < -0.4 is 0 Å². The summed E-state index contributed by atoms with van der Waals surface area (Å²) in [6, 6.07) is 0. The molecule has 0 aliphatic heterocycles. The first-order valence-corrected chi connectivity index (χ1v) is 10.9. The monoisotopic (exact) mass is 356 g/mol. The number of thioether (sulfide) groups is 3. The topological polar surface area (TPSA) is 9.23 Å². The summed E-state index contributed by atoms with van der Waals surface area (Å²) >= 11 is 15.7. The van der Waals surface area contributed by atoms with Crippen LogP contribution in [0.1, 0.15) is 32.6 Å². The van der Waals surface area contributed by atoms with Crippen LogP contribution in [0.15, 0.2) is 0 Å². The van der Waals surface area contributed by atoms with Crippen molar-refractivity contribution in [3.8, 4) is 0 Å². The SMILES string of the molecule is CSCC(CSC(=S)OCCCCCC(C)=S)SC. The molecule has 0 aromatic heterocycles. The lowest BCUT2D eigenvalue weighted by molar-refractivity contribution is 0.309. The summed E-state index contributed by atoms with van der Waals surface area (Å²) in [6.07, 6.45) is 8.76. The Hall–Kier alpha value is 1.03. The average Bonchev–Trinajstić information content (AvgIpc) is 2.38. The number of hydrogen-bond donors (Lipinski definition) is 0. The van der Waals surface area contributed by atoms with Gasteiger partial charge >= 0.3 is 0 Å². The van der Waals surface area contributed by atoms with Crippen LogP contribution in [0.3, 0.4) is 0 Å². The number of unbranched alkanes of at least 4 members (excludes halogenated alkanes) is 2. The summed E-state index contributed by atoms with van der Waals surface area (Å²) in [6.45, 7) is 2.75. The van der Waals surface area contributed by atoms with Gasteiger partial charge < -0.3 is 4.74 Å². The Morgan fingerprint density at radius 1 is 1.11 bits per heavy atom. The zero-order valence-corrected chi connectivity index (χ0v) is 16.1. The summed E-state index contributed by atoms with van der Waals surface area (Å²) < 4.78 is 6.27. The van der Waals surface area contributed by atoms with Gasteiger partial charge in [-0.15, -0.1) is 0 Å². The molecule has 0 fully saturated rings. The second-order valence-corrected chi connectivity index (χ2v) is 8.60. The molecule has 1 unspecified atom stereocenters. The minimum Gasteiger partial charge on any atom is -0.479 e. The lowest BCUT2D eigenvalue weighted by atomic mass is 10.2. The highest BCUT2D eigenvalue weighted by Gasteiger charge is 2.08. The fourth-order valence-corrected chi connectivity index (χ4v) is 4.76. The third-order valence-electron chi connectivity index (χ3n) is 2.47. The van der Waals surface area contributed by atoms with E-state index in [4.69, 9.17) is 29.2 Å². The van der Waals surface area contributed by atoms with E-state index in [1.165, 1.54) is 18.6 Å². The normalized spacial score (nSPS) is 12.2. The first kappa shape index (κ1) is 20.0. The molecule has 0 spiro atoms. The highest BCUT2D eigenvalue weighted by molar-refractivity contribution is 8.23. The number of ether oxygens (including phenoxy) is 1. The zero-order valence-electron chi connectivity index (χ0n) is 12.0. The van der Waals surface area contributed by atoms with Crippen molar-refractivity contribution in [1.29, 1.82) is 0 Å². The van der Waals surface area contributed by atoms with Gasteiger partial charge in [0.15, 0.2) is 0 Å². The van der Waals surface area contributed by atoms with Crippen molar-refractivity contribution in [2.45, 2.75) is 37.9 Å². The van der Waals surface area contributed by atoms with Gasteiger partial charge in [0, 0.05) is 16.8 Å². The molecule has 0 rings (SSSR count). The number of thiocarbonyl (C=S) groups is 2. The molecule has 0 aromatic rings. The van der Waals surface area contributed by atoms with E-state index in [-0.39, 0.29) is 0 Å². The van der Waals surface area contributed by atoms with Crippen molar-refractivity contribution >= 4 is 69.0 Å². The van der Waals surface area contributed by atoms with Crippen LogP contribution in [0.2, 0.25) is 0 Å². The fourth-order valence-electron chi connectivity index (χ4n) is 1.38. The van der Waals surface area contributed by atoms with Gasteiger partial charge in [0.05, 0.1) is 6.61 Å². The lowest BCUT2D eigenvalue weighted by Gasteiger charge is -2.13. The van der Waals surface area contributed by atoms with Gasteiger partial charge in [0.2, 0.25) is 4.38 Å². The minimum absolute atomic E-state index is 0.659. The van der Waals surface area contributed by atoms with Gasteiger partial charge in [0.25, 0.3) is 0 Å². The molecule has 0 heterocycles. The molecule has 1 atom stereocenters. The Kier molecular flexibility index (Phi) is 14.7. The van der Waals surface area contributed by atoms with Gasteiger partial charge in [-0.05, 0) is 62.2 Å². The summed E-state index contributed by atoms with van der Waals surface area (Å²) in [5.74, 6) is 2.22. The second-order valence-electron chi connectivity index (χ2n) is 4.24. The van der Waals surface area contributed by atoms with Crippen molar-refractivity contribution in [3.63, 3.8) is 0 Å². The van der Waals surface area contributed by atoms with Crippen LogP contribution in [-0.2, 0) is 4.74 Å². The summed E-state index contributed by atoms with van der Waals surface area (Å²) in [4.78, 5) is 1.10. The largest absolute Gasteiger partial charge is 0.479 e. The van der Waals surface area contributed by atoms with Crippen LogP contribution in [0.4, 0.5) is 0 Å². The molecule has 112 valence electrons. The molecule has 0 saturated heterocycles. The van der Waals surface area contributed by atoms with Crippen molar-refractivity contribution in [2.24, 2.45) is 0 Å². The predicted molar refractivity (Wildman–Crippen MR) is 103 cm³/mol. The summed E-state index contributed by atoms with van der Waals surface area (Å²) in [7, 11) is 0. The first-order chi connectivity index (χ1) is 9.10. The van der Waals surface area contributed by atoms with Gasteiger partial charge in [-0.25, -0.2) is 0 Å². The maximum Gasteiger partial charge on any atom is 0.219 e. The highest BCUT2D eigenvalue weighted by atomic mass is 32.2. The molecular weight excluding hydrogens is 332 g/mol. The average molecular weight is 357 g/mol. The molecule has 0 N–H and O–H groups in total. The minimum atomic E-state index is 0.659. The predicted octanol–water partition coefficient (Wildman–Crippen LogP) is 5.07. The molecule has 0 aliphatic rings. The number of rotatable bonds is 11. The second kappa shape index (κ2) is 14.0. The van der Waals surface area contributed by atoms with E-state index >= 15 is 0 Å². The maximum atomic E-state index is 5.57. The molecule has 19 heavy (non-hydrogen) atoms. The Balaban J connectivity index is 3.46. The van der Waals surface area contributed by atoms with Crippen LogP contribution in [0, 0.1) is 0 Å². The Morgan fingerprint density at radius 3 is 2.42 bits per heavy atom. The van der Waals surface area contributed by atoms with E-state index in [0.29, 0.717) is 9.63 Å². The van der Waals surface area contributed by atoms with Crippen LogP contribution >= 0.6 is 59.7 Å². The zero-order chi connectivity index (χ0) is 14.5. The molecule has 6 heteroatoms. The fraction of sp³-hybridized carbons (Fsp3) is 0.846. The Labute approximate surface area is 141 Å². The van der Waals surface area contributed by atoms with Gasteiger partial charge in [-0.2, -0.15) is 23.5 Å². The molecule has 0 amide bonds. The third kappa shape index (κ3) is 13.8. The van der Waals surface area contributed by atoms with E-state index < -0.39 is 0 Å². The van der Waals surface area contributed by atoms with Crippen LogP contribution in [0.5, 0.6) is 0 Å².